The molecule has 1 aromatic carbocycles. The average molecular weight is 291 g/mol. The molecule has 19 heavy (non-hydrogen) atoms. The molecule has 0 saturated carbocycles. The van der Waals surface area contributed by atoms with Crippen molar-refractivity contribution in [1.82, 2.24) is 4.98 Å². The summed E-state index contributed by atoms with van der Waals surface area (Å²) < 4.78 is 0. The van der Waals surface area contributed by atoms with E-state index in [0.29, 0.717) is 5.01 Å². The topological polar surface area (TPSA) is 53.8 Å². The van der Waals surface area contributed by atoms with E-state index in [1.807, 2.05) is 43.3 Å². The lowest BCUT2D eigenvalue weighted by Gasteiger charge is -2.00. The van der Waals surface area contributed by atoms with Crippen molar-refractivity contribution in [2.24, 2.45) is 0 Å². The Labute approximate surface area is 120 Å². The van der Waals surface area contributed by atoms with Gasteiger partial charge in [0.25, 0.3) is 0 Å². The molecule has 96 valence electrons. The van der Waals surface area contributed by atoms with Gasteiger partial charge in [-0.3, -0.25) is 4.79 Å². The van der Waals surface area contributed by atoms with Crippen LogP contribution in [0.15, 0.2) is 30.3 Å². The van der Waals surface area contributed by atoms with Gasteiger partial charge in [-0.15, -0.1) is 22.9 Å². The summed E-state index contributed by atoms with van der Waals surface area (Å²) >= 11 is 6.89. The Balaban J connectivity index is 2.42. The maximum absolute atomic E-state index is 11.6. The van der Waals surface area contributed by atoms with E-state index in [9.17, 15) is 4.79 Å². The largest absolute Gasteiger partial charge is 0.296 e. The molecule has 0 bridgehead atoms. The fourth-order valence-corrected chi connectivity index (χ4v) is 2.91. The number of rotatable bonds is 4. The van der Waals surface area contributed by atoms with E-state index in [-0.39, 0.29) is 11.7 Å². The third kappa shape index (κ3) is 2.83. The summed E-state index contributed by atoms with van der Waals surface area (Å²) in [6.45, 7) is 1.93. The second kappa shape index (κ2) is 5.96. The Kier molecular flexibility index (Phi) is 4.31. The molecule has 2 rings (SSSR count). The Morgan fingerprint density at radius 3 is 2.74 bits per heavy atom. The minimum Gasteiger partial charge on any atom is -0.296 e. The molecule has 1 unspecified atom stereocenters. The number of benzene rings is 1. The second-order valence-corrected chi connectivity index (χ2v) is 5.49. The lowest BCUT2D eigenvalue weighted by molar-refractivity contribution is -0.117. The molecule has 0 N–H and O–H groups in total. The molecule has 0 saturated heterocycles. The number of thiazole rings is 1. The number of hydrogen-bond acceptors (Lipinski definition) is 4. The number of aryl methyl sites for hydroxylation is 1. The maximum atomic E-state index is 11.6. The highest BCUT2D eigenvalue weighted by Gasteiger charge is 2.24. The zero-order chi connectivity index (χ0) is 13.8. The van der Waals surface area contributed by atoms with Crippen LogP contribution in [0.1, 0.15) is 15.8 Å². The third-order valence-electron chi connectivity index (χ3n) is 2.69. The van der Waals surface area contributed by atoms with Crippen LogP contribution in [0.3, 0.4) is 0 Å². The molecule has 1 atom stereocenters. The van der Waals surface area contributed by atoms with Gasteiger partial charge in [0.15, 0.2) is 11.7 Å². The monoisotopic (exact) mass is 290 g/mol. The number of hydrogen-bond donors (Lipinski definition) is 0. The molecule has 2 aromatic rings. The van der Waals surface area contributed by atoms with E-state index < -0.39 is 5.92 Å². The first kappa shape index (κ1) is 13.7. The van der Waals surface area contributed by atoms with E-state index in [2.05, 4.69) is 4.98 Å². The van der Waals surface area contributed by atoms with Crippen LogP contribution in [0.25, 0.3) is 11.3 Å². The first-order valence-corrected chi connectivity index (χ1v) is 7.03. The Bertz CT molecular complexity index is 631. The third-order valence-corrected chi connectivity index (χ3v) is 3.99. The molecular weight excluding hydrogens is 280 g/mol. The summed E-state index contributed by atoms with van der Waals surface area (Å²) in [5.41, 5.74) is 1.81. The zero-order valence-corrected chi connectivity index (χ0v) is 11.8. The van der Waals surface area contributed by atoms with Crippen LogP contribution in [0.2, 0.25) is 0 Å². The number of nitriles is 1. The number of alkyl halides is 1. The number of Topliss-reactive ketones (excluding diaryl/α,β-unsaturated/α-hetero) is 1. The van der Waals surface area contributed by atoms with Gasteiger partial charge >= 0.3 is 0 Å². The first-order valence-electron chi connectivity index (χ1n) is 5.68. The highest BCUT2D eigenvalue weighted by Crippen LogP contribution is 2.31. The smallest absolute Gasteiger partial charge is 0.171 e. The van der Waals surface area contributed by atoms with Crippen LogP contribution in [0, 0.1) is 18.3 Å². The van der Waals surface area contributed by atoms with Crippen molar-refractivity contribution in [2.75, 3.05) is 5.88 Å². The highest BCUT2D eigenvalue weighted by molar-refractivity contribution is 7.12. The molecule has 3 nitrogen and oxygen atoms in total. The Morgan fingerprint density at radius 1 is 1.47 bits per heavy atom. The molecule has 5 heteroatoms. The van der Waals surface area contributed by atoms with Crippen molar-refractivity contribution in [3.05, 3.63) is 40.2 Å². The summed E-state index contributed by atoms with van der Waals surface area (Å²) in [6, 6.07) is 11.7. The SMILES string of the molecule is Cc1sc(C(C#N)C(=O)CCl)nc1-c1ccccc1. The molecule has 0 amide bonds. The summed E-state index contributed by atoms with van der Waals surface area (Å²) in [7, 11) is 0. The zero-order valence-electron chi connectivity index (χ0n) is 10.3. The summed E-state index contributed by atoms with van der Waals surface area (Å²) in [5.74, 6) is -1.34. The van der Waals surface area contributed by atoms with E-state index in [1.165, 1.54) is 11.3 Å². The average Bonchev–Trinajstić information content (AvgIpc) is 2.82. The molecule has 0 aliphatic rings. The van der Waals surface area contributed by atoms with Crippen molar-refractivity contribution in [3.8, 4) is 17.3 Å². The summed E-state index contributed by atoms with van der Waals surface area (Å²) in [4.78, 5) is 17.0. The number of ketones is 1. The number of nitrogens with zero attached hydrogens (tertiary/aromatic N) is 2. The standard InChI is InChI=1S/C14H11ClN2OS/c1-9-13(10-5-3-2-4-6-10)17-14(19-9)11(8-16)12(18)7-15/h2-6,11H,7H2,1H3. The minimum absolute atomic E-state index is 0.169. The van der Waals surface area contributed by atoms with Crippen LogP contribution < -0.4 is 0 Å². The van der Waals surface area contributed by atoms with E-state index in [1.54, 1.807) is 0 Å². The molecule has 0 spiro atoms. The number of halogens is 1. The van der Waals surface area contributed by atoms with Crippen LogP contribution >= 0.6 is 22.9 Å². The van der Waals surface area contributed by atoms with Gasteiger partial charge in [-0.05, 0) is 6.92 Å². The number of carbonyl (C=O) groups excluding carboxylic acids is 1. The van der Waals surface area contributed by atoms with Gasteiger partial charge in [-0.1, -0.05) is 30.3 Å². The molecule has 1 aromatic heterocycles. The van der Waals surface area contributed by atoms with Crippen LogP contribution in [-0.2, 0) is 4.79 Å². The molecule has 0 aliphatic heterocycles. The van der Waals surface area contributed by atoms with Crippen molar-refractivity contribution in [3.63, 3.8) is 0 Å². The van der Waals surface area contributed by atoms with Crippen LogP contribution in [0.4, 0.5) is 0 Å². The van der Waals surface area contributed by atoms with Gasteiger partial charge in [-0.2, -0.15) is 5.26 Å². The predicted octanol–water partition coefficient (Wildman–Crippen LogP) is 3.53. The van der Waals surface area contributed by atoms with Crippen molar-refractivity contribution < 1.29 is 4.79 Å². The molecule has 0 radical (unpaired) electrons. The fraction of sp³-hybridized carbons (Fsp3) is 0.214. The molecule has 0 fully saturated rings. The maximum Gasteiger partial charge on any atom is 0.171 e. The fourth-order valence-electron chi connectivity index (χ4n) is 1.75. The van der Waals surface area contributed by atoms with E-state index in [4.69, 9.17) is 16.9 Å². The van der Waals surface area contributed by atoms with Gasteiger partial charge in [-0.25, -0.2) is 4.98 Å². The normalized spacial score (nSPS) is 11.8. The van der Waals surface area contributed by atoms with Gasteiger partial charge < -0.3 is 0 Å². The summed E-state index contributed by atoms with van der Waals surface area (Å²) in [6.07, 6.45) is 0. The lowest BCUT2D eigenvalue weighted by Crippen LogP contribution is -2.11. The second-order valence-electron chi connectivity index (χ2n) is 3.98. The molecule has 0 aliphatic carbocycles. The number of aromatic nitrogens is 1. The Morgan fingerprint density at radius 2 is 2.16 bits per heavy atom. The molecule has 1 heterocycles. The minimum atomic E-state index is -0.862. The summed E-state index contributed by atoms with van der Waals surface area (Å²) in [5, 5.41) is 9.61. The van der Waals surface area contributed by atoms with Crippen molar-refractivity contribution in [1.29, 1.82) is 5.26 Å². The van der Waals surface area contributed by atoms with Gasteiger partial charge in [0.2, 0.25) is 0 Å². The number of carbonyl (C=O) groups is 1. The first-order chi connectivity index (χ1) is 9.17. The Hall–Kier alpha value is -1.70. The quantitative estimate of drug-likeness (QED) is 0.809. The van der Waals surface area contributed by atoms with Crippen LogP contribution in [0.5, 0.6) is 0 Å². The van der Waals surface area contributed by atoms with Gasteiger partial charge in [0.1, 0.15) is 5.01 Å². The van der Waals surface area contributed by atoms with E-state index >= 15 is 0 Å². The van der Waals surface area contributed by atoms with E-state index in [0.717, 1.165) is 16.1 Å². The predicted molar refractivity (Wildman–Crippen MR) is 76.4 cm³/mol. The van der Waals surface area contributed by atoms with Crippen molar-refractivity contribution >= 4 is 28.7 Å². The van der Waals surface area contributed by atoms with Crippen molar-refractivity contribution in [2.45, 2.75) is 12.8 Å². The highest BCUT2D eigenvalue weighted by atomic mass is 35.5. The molecular formula is C14H11ClN2OS. The van der Waals surface area contributed by atoms with Gasteiger partial charge in [0, 0.05) is 10.4 Å². The lowest BCUT2D eigenvalue weighted by atomic mass is 10.1. The van der Waals surface area contributed by atoms with Crippen LogP contribution in [-0.4, -0.2) is 16.6 Å². The van der Waals surface area contributed by atoms with Gasteiger partial charge in [0.05, 0.1) is 17.6 Å².